The van der Waals surface area contributed by atoms with Gasteiger partial charge in [-0.05, 0) is 53.6 Å². The van der Waals surface area contributed by atoms with Crippen LogP contribution in [0.4, 0.5) is 0 Å². The van der Waals surface area contributed by atoms with Gasteiger partial charge in [0.15, 0.2) is 0 Å². The Hall–Kier alpha value is -4.64. The van der Waals surface area contributed by atoms with Crippen LogP contribution in [-0.2, 0) is 0 Å². The highest BCUT2D eigenvalue weighted by Gasteiger charge is 2.22. The lowest BCUT2D eigenvalue weighted by Crippen LogP contribution is -2.31. The highest BCUT2D eigenvalue weighted by Crippen LogP contribution is 2.26. The van der Waals surface area contributed by atoms with Gasteiger partial charge in [0.25, 0.3) is 5.91 Å². The maximum absolute atomic E-state index is 13.7. The van der Waals surface area contributed by atoms with Crippen molar-refractivity contribution < 1.29 is 9.53 Å². The summed E-state index contributed by atoms with van der Waals surface area (Å²) in [5.41, 5.74) is 4.89. The van der Waals surface area contributed by atoms with Gasteiger partial charge in [-0.15, -0.1) is 0 Å². The maximum atomic E-state index is 13.7. The second-order valence-corrected chi connectivity index (χ2v) is 8.12. The van der Waals surface area contributed by atoms with Crippen LogP contribution < -0.4 is 10.1 Å². The number of nitrogens with zero attached hydrogens (tertiary/aromatic N) is 2. The standard InChI is InChI=1S/C30H25N3O2/c1-35-26-19-17-22(18-20-26)27-21-28(33(32-27)25-15-9-4-10-16-25)30(34)31-29(23-11-5-2-6-12-23)24-13-7-3-8-14-24/h2-21,29H,1H3,(H,31,34). The summed E-state index contributed by atoms with van der Waals surface area (Å²) in [4.78, 5) is 13.7. The molecule has 5 nitrogen and oxygen atoms in total. The molecular weight excluding hydrogens is 434 g/mol. The van der Waals surface area contributed by atoms with Crippen LogP contribution in [0.1, 0.15) is 27.7 Å². The quantitative estimate of drug-likeness (QED) is 0.322. The van der Waals surface area contributed by atoms with Gasteiger partial charge < -0.3 is 10.1 Å². The minimum absolute atomic E-state index is 0.209. The molecule has 0 spiro atoms. The molecule has 4 aromatic carbocycles. The minimum Gasteiger partial charge on any atom is -0.497 e. The van der Waals surface area contributed by atoms with Crippen molar-refractivity contribution in [2.24, 2.45) is 0 Å². The Morgan fingerprint density at radius 2 is 1.31 bits per heavy atom. The van der Waals surface area contributed by atoms with Gasteiger partial charge in [0, 0.05) is 5.56 Å². The van der Waals surface area contributed by atoms with Crippen molar-refractivity contribution in [2.45, 2.75) is 6.04 Å². The molecule has 0 unspecified atom stereocenters. The van der Waals surface area contributed by atoms with E-state index in [0.717, 1.165) is 28.1 Å². The minimum atomic E-state index is -0.298. The molecule has 1 aromatic heterocycles. The predicted molar refractivity (Wildman–Crippen MR) is 138 cm³/mol. The Bertz CT molecular complexity index is 1360. The van der Waals surface area contributed by atoms with Crippen molar-refractivity contribution in [3.05, 3.63) is 138 Å². The summed E-state index contributed by atoms with van der Waals surface area (Å²) in [5, 5.41) is 8.03. The molecule has 0 aliphatic rings. The average molecular weight is 460 g/mol. The molecule has 35 heavy (non-hydrogen) atoms. The number of nitrogens with one attached hydrogen (secondary N) is 1. The molecule has 5 aromatic rings. The first kappa shape index (κ1) is 22.2. The molecule has 1 N–H and O–H groups in total. The molecule has 0 bridgehead atoms. The zero-order valence-corrected chi connectivity index (χ0v) is 19.3. The number of methoxy groups -OCH3 is 1. The van der Waals surface area contributed by atoms with E-state index in [4.69, 9.17) is 9.84 Å². The van der Waals surface area contributed by atoms with Gasteiger partial charge in [0.2, 0.25) is 0 Å². The van der Waals surface area contributed by atoms with E-state index in [9.17, 15) is 4.79 Å². The molecule has 172 valence electrons. The summed E-state index contributed by atoms with van der Waals surface area (Å²) in [6.07, 6.45) is 0. The van der Waals surface area contributed by atoms with Crippen molar-refractivity contribution in [3.63, 3.8) is 0 Å². The topological polar surface area (TPSA) is 56.1 Å². The van der Waals surface area contributed by atoms with E-state index < -0.39 is 0 Å². The average Bonchev–Trinajstić information content (AvgIpc) is 3.39. The normalized spacial score (nSPS) is 10.8. The molecular formula is C30H25N3O2. The van der Waals surface area contributed by atoms with E-state index in [-0.39, 0.29) is 11.9 Å². The van der Waals surface area contributed by atoms with Crippen LogP contribution in [0, 0.1) is 0 Å². The summed E-state index contributed by atoms with van der Waals surface area (Å²) in [7, 11) is 1.64. The van der Waals surface area contributed by atoms with Gasteiger partial charge in [0.05, 0.1) is 24.5 Å². The Morgan fingerprint density at radius 3 is 1.86 bits per heavy atom. The molecule has 0 aliphatic heterocycles. The second kappa shape index (κ2) is 10.1. The fourth-order valence-electron chi connectivity index (χ4n) is 4.07. The van der Waals surface area contributed by atoms with E-state index in [0.29, 0.717) is 11.4 Å². The molecule has 5 rings (SSSR count). The van der Waals surface area contributed by atoms with Gasteiger partial charge in [-0.3, -0.25) is 4.79 Å². The van der Waals surface area contributed by atoms with Crippen LogP contribution in [0.25, 0.3) is 16.9 Å². The van der Waals surface area contributed by atoms with Gasteiger partial charge in [-0.25, -0.2) is 4.68 Å². The number of rotatable bonds is 7. The third-order valence-corrected chi connectivity index (χ3v) is 5.87. The maximum Gasteiger partial charge on any atom is 0.270 e. The largest absolute Gasteiger partial charge is 0.497 e. The summed E-state index contributed by atoms with van der Waals surface area (Å²) in [6.45, 7) is 0. The van der Waals surface area contributed by atoms with Crippen LogP contribution in [0.5, 0.6) is 5.75 Å². The first-order valence-electron chi connectivity index (χ1n) is 11.4. The number of para-hydroxylation sites is 1. The molecule has 0 atom stereocenters. The van der Waals surface area contributed by atoms with Crippen LogP contribution in [0.15, 0.2) is 121 Å². The summed E-state index contributed by atoms with van der Waals surface area (Å²) < 4.78 is 6.98. The molecule has 1 heterocycles. The van der Waals surface area contributed by atoms with Gasteiger partial charge in [-0.2, -0.15) is 5.10 Å². The lowest BCUT2D eigenvalue weighted by molar-refractivity contribution is 0.0935. The lowest BCUT2D eigenvalue weighted by atomic mass is 9.98. The first-order valence-corrected chi connectivity index (χ1v) is 11.4. The van der Waals surface area contributed by atoms with Crippen LogP contribution in [0.3, 0.4) is 0 Å². The Morgan fingerprint density at radius 1 is 0.771 bits per heavy atom. The van der Waals surface area contributed by atoms with Gasteiger partial charge >= 0.3 is 0 Å². The number of ether oxygens (including phenoxy) is 1. The number of hydrogen-bond donors (Lipinski definition) is 1. The van der Waals surface area contributed by atoms with E-state index in [1.54, 1.807) is 11.8 Å². The number of hydrogen-bond acceptors (Lipinski definition) is 3. The van der Waals surface area contributed by atoms with E-state index in [1.165, 1.54) is 0 Å². The lowest BCUT2D eigenvalue weighted by Gasteiger charge is -2.20. The number of amides is 1. The van der Waals surface area contributed by atoms with Crippen molar-refractivity contribution >= 4 is 5.91 Å². The van der Waals surface area contributed by atoms with Crippen LogP contribution in [0.2, 0.25) is 0 Å². The highest BCUT2D eigenvalue weighted by molar-refractivity contribution is 5.95. The molecule has 0 fully saturated rings. The summed E-state index contributed by atoms with van der Waals surface area (Å²) >= 11 is 0. The number of aromatic nitrogens is 2. The Labute approximate surface area is 204 Å². The van der Waals surface area contributed by atoms with Gasteiger partial charge in [-0.1, -0.05) is 78.9 Å². The molecule has 0 aliphatic carbocycles. The Balaban J connectivity index is 1.55. The molecule has 5 heteroatoms. The number of carbonyl (C=O) groups is 1. The summed E-state index contributed by atoms with van der Waals surface area (Å²) in [5.74, 6) is 0.557. The fourth-order valence-corrected chi connectivity index (χ4v) is 4.07. The molecule has 0 saturated carbocycles. The third kappa shape index (κ3) is 4.84. The van der Waals surface area contributed by atoms with Crippen molar-refractivity contribution in [3.8, 4) is 22.7 Å². The number of benzene rings is 4. The number of carbonyl (C=O) groups excluding carboxylic acids is 1. The van der Waals surface area contributed by atoms with Crippen molar-refractivity contribution in [1.82, 2.24) is 15.1 Å². The molecule has 0 radical (unpaired) electrons. The van der Waals surface area contributed by atoms with Gasteiger partial charge in [0.1, 0.15) is 11.4 Å². The third-order valence-electron chi connectivity index (χ3n) is 5.87. The predicted octanol–water partition coefficient (Wildman–Crippen LogP) is 6.07. The van der Waals surface area contributed by atoms with Crippen molar-refractivity contribution in [1.29, 1.82) is 0 Å². The summed E-state index contributed by atoms with van der Waals surface area (Å²) in [6, 6.07) is 38.8. The van der Waals surface area contributed by atoms with E-state index in [1.807, 2.05) is 121 Å². The zero-order chi connectivity index (χ0) is 24.0. The zero-order valence-electron chi connectivity index (χ0n) is 19.3. The first-order chi connectivity index (χ1) is 17.2. The molecule has 0 saturated heterocycles. The fraction of sp³-hybridized carbons (Fsp3) is 0.0667. The molecule has 1 amide bonds. The Kier molecular flexibility index (Phi) is 6.39. The smallest absolute Gasteiger partial charge is 0.270 e. The van der Waals surface area contributed by atoms with E-state index >= 15 is 0 Å². The second-order valence-electron chi connectivity index (χ2n) is 8.12. The van der Waals surface area contributed by atoms with Crippen molar-refractivity contribution in [2.75, 3.05) is 7.11 Å². The SMILES string of the molecule is COc1ccc(-c2cc(C(=O)NC(c3ccccc3)c3ccccc3)n(-c3ccccc3)n2)cc1. The monoisotopic (exact) mass is 459 g/mol. The highest BCUT2D eigenvalue weighted by atomic mass is 16.5. The van der Waals surface area contributed by atoms with E-state index in [2.05, 4.69) is 5.32 Å². The van der Waals surface area contributed by atoms with Crippen LogP contribution in [-0.4, -0.2) is 22.8 Å². The van der Waals surface area contributed by atoms with Crippen LogP contribution >= 0.6 is 0 Å².